The minimum atomic E-state index is -0.609. The Morgan fingerprint density at radius 2 is 1.74 bits per heavy atom. The fourth-order valence-electron chi connectivity index (χ4n) is 2.44. The van der Waals surface area contributed by atoms with Gasteiger partial charge in [-0.15, -0.1) is 0 Å². The van der Waals surface area contributed by atoms with Gasteiger partial charge in [-0.25, -0.2) is 0 Å². The molecule has 0 aliphatic heterocycles. The van der Waals surface area contributed by atoms with Crippen LogP contribution in [0.25, 0.3) is 0 Å². The second-order valence-electron chi connectivity index (χ2n) is 7.51. The number of nitrogens with one attached hydrogen (secondary N) is 2. The molecule has 1 aromatic rings. The van der Waals surface area contributed by atoms with Crippen LogP contribution in [0.3, 0.4) is 0 Å². The highest BCUT2D eigenvalue weighted by atomic mass is 16.5. The number of hydrogen-bond acceptors (Lipinski definition) is 5. The molecule has 0 saturated carbocycles. The van der Waals surface area contributed by atoms with Crippen molar-refractivity contribution in [1.29, 1.82) is 0 Å². The highest BCUT2D eigenvalue weighted by molar-refractivity contribution is 6.05. The maximum atomic E-state index is 12.9. The zero-order chi connectivity index (χ0) is 20.6. The van der Waals surface area contributed by atoms with E-state index >= 15 is 0 Å². The zero-order valence-electron chi connectivity index (χ0n) is 17.3. The van der Waals surface area contributed by atoms with E-state index in [1.54, 1.807) is 32.9 Å². The van der Waals surface area contributed by atoms with E-state index in [2.05, 4.69) is 17.6 Å². The first-order chi connectivity index (χ1) is 12.7. The van der Waals surface area contributed by atoms with Crippen LogP contribution in [0, 0.1) is 5.41 Å². The Kier molecular flexibility index (Phi) is 8.56. The standard InChI is InChI=1S/C20H33N3O4/c1-7-8-9-13(12-21)22-18(24)14-10-16(26-5)17(27-6)11-15(14)23-19(25)20(2,3)4/h10-11,13H,7-9,12,21H2,1-6H3,(H,22,24)(H,23,25). The molecule has 0 spiro atoms. The molecule has 0 aliphatic rings. The Labute approximate surface area is 162 Å². The number of methoxy groups -OCH3 is 2. The third-order valence-corrected chi connectivity index (χ3v) is 4.22. The molecule has 0 fully saturated rings. The van der Waals surface area contributed by atoms with Crippen LogP contribution in [-0.4, -0.2) is 38.6 Å². The quantitative estimate of drug-likeness (QED) is 0.612. The lowest BCUT2D eigenvalue weighted by molar-refractivity contribution is -0.123. The van der Waals surface area contributed by atoms with Crippen LogP contribution in [0.1, 0.15) is 57.3 Å². The Balaban J connectivity index is 3.24. The molecule has 0 aliphatic carbocycles. The van der Waals surface area contributed by atoms with Gasteiger partial charge in [-0.1, -0.05) is 40.5 Å². The normalized spacial score (nSPS) is 12.3. The van der Waals surface area contributed by atoms with Crippen LogP contribution in [0.5, 0.6) is 11.5 Å². The van der Waals surface area contributed by atoms with Gasteiger partial charge in [0.25, 0.3) is 5.91 Å². The van der Waals surface area contributed by atoms with Crippen molar-refractivity contribution in [1.82, 2.24) is 5.32 Å². The number of benzene rings is 1. The fourth-order valence-corrected chi connectivity index (χ4v) is 2.44. The van der Waals surface area contributed by atoms with E-state index in [9.17, 15) is 9.59 Å². The lowest BCUT2D eigenvalue weighted by atomic mass is 9.95. The van der Waals surface area contributed by atoms with E-state index in [0.29, 0.717) is 29.3 Å². The fraction of sp³-hybridized carbons (Fsp3) is 0.600. The first kappa shape index (κ1) is 22.8. The van der Waals surface area contributed by atoms with Crippen molar-refractivity contribution in [2.75, 3.05) is 26.1 Å². The summed E-state index contributed by atoms with van der Waals surface area (Å²) in [6.07, 6.45) is 2.80. The molecule has 27 heavy (non-hydrogen) atoms. The van der Waals surface area contributed by atoms with E-state index in [1.807, 2.05) is 0 Å². The van der Waals surface area contributed by atoms with Gasteiger partial charge >= 0.3 is 0 Å². The number of rotatable bonds is 9. The van der Waals surface area contributed by atoms with E-state index in [1.165, 1.54) is 14.2 Å². The number of amides is 2. The Hall–Kier alpha value is -2.28. The summed E-state index contributed by atoms with van der Waals surface area (Å²) in [4.78, 5) is 25.3. The van der Waals surface area contributed by atoms with E-state index in [4.69, 9.17) is 15.2 Å². The summed E-state index contributed by atoms with van der Waals surface area (Å²) in [5, 5.41) is 5.77. The van der Waals surface area contributed by atoms with Crippen molar-refractivity contribution in [3.63, 3.8) is 0 Å². The first-order valence-electron chi connectivity index (χ1n) is 9.26. The molecule has 0 radical (unpaired) electrons. The molecule has 0 bridgehead atoms. The van der Waals surface area contributed by atoms with E-state index in [-0.39, 0.29) is 17.9 Å². The van der Waals surface area contributed by atoms with Gasteiger partial charge in [-0.3, -0.25) is 9.59 Å². The number of carbonyl (C=O) groups is 2. The third kappa shape index (κ3) is 6.43. The summed E-state index contributed by atoms with van der Waals surface area (Å²) in [6, 6.07) is 3.04. The van der Waals surface area contributed by atoms with Crippen LogP contribution in [0.4, 0.5) is 5.69 Å². The largest absolute Gasteiger partial charge is 0.493 e. The Morgan fingerprint density at radius 1 is 1.15 bits per heavy atom. The average molecular weight is 380 g/mol. The Morgan fingerprint density at radius 3 is 2.22 bits per heavy atom. The summed E-state index contributed by atoms with van der Waals surface area (Å²) in [5.74, 6) is 0.325. The summed E-state index contributed by atoms with van der Waals surface area (Å²) >= 11 is 0. The van der Waals surface area contributed by atoms with Gasteiger partial charge in [0.1, 0.15) is 0 Å². The van der Waals surface area contributed by atoms with Gasteiger partial charge < -0.3 is 25.8 Å². The third-order valence-electron chi connectivity index (χ3n) is 4.22. The Bertz CT molecular complexity index is 653. The average Bonchev–Trinajstić information content (AvgIpc) is 2.63. The summed E-state index contributed by atoms with van der Waals surface area (Å²) < 4.78 is 10.6. The molecule has 4 N–H and O–H groups in total. The number of hydrogen-bond donors (Lipinski definition) is 3. The SMILES string of the molecule is CCCCC(CN)NC(=O)c1cc(OC)c(OC)cc1NC(=O)C(C)(C)C. The molecule has 2 amide bonds. The number of ether oxygens (including phenoxy) is 2. The number of nitrogens with two attached hydrogens (primary N) is 1. The molecule has 0 aromatic heterocycles. The molecule has 1 atom stereocenters. The smallest absolute Gasteiger partial charge is 0.253 e. The van der Waals surface area contributed by atoms with Crippen LogP contribution < -0.4 is 25.8 Å². The predicted octanol–water partition coefficient (Wildman–Crippen LogP) is 2.94. The summed E-state index contributed by atoms with van der Waals surface area (Å²) in [5.41, 5.74) is 5.86. The highest BCUT2D eigenvalue weighted by Crippen LogP contribution is 2.34. The summed E-state index contributed by atoms with van der Waals surface area (Å²) in [6.45, 7) is 7.85. The molecule has 152 valence electrons. The lowest BCUT2D eigenvalue weighted by Crippen LogP contribution is -2.40. The highest BCUT2D eigenvalue weighted by Gasteiger charge is 2.25. The van der Waals surface area contributed by atoms with Crippen molar-refractivity contribution < 1.29 is 19.1 Å². The first-order valence-corrected chi connectivity index (χ1v) is 9.26. The molecule has 0 saturated heterocycles. The second kappa shape index (κ2) is 10.2. The number of carbonyl (C=O) groups excluding carboxylic acids is 2. The molecule has 0 heterocycles. The van der Waals surface area contributed by atoms with Gasteiger partial charge in [0, 0.05) is 24.1 Å². The van der Waals surface area contributed by atoms with Gasteiger partial charge in [0.05, 0.1) is 25.5 Å². The minimum Gasteiger partial charge on any atom is -0.493 e. The lowest BCUT2D eigenvalue weighted by Gasteiger charge is -2.22. The molecule has 1 rings (SSSR count). The molecule has 7 heteroatoms. The molecular formula is C20H33N3O4. The van der Waals surface area contributed by atoms with Crippen molar-refractivity contribution in [3.8, 4) is 11.5 Å². The molecule has 1 unspecified atom stereocenters. The van der Waals surface area contributed by atoms with Crippen molar-refractivity contribution in [3.05, 3.63) is 17.7 Å². The van der Waals surface area contributed by atoms with Gasteiger partial charge in [-0.05, 0) is 12.5 Å². The molecule has 1 aromatic carbocycles. The van der Waals surface area contributed by atoms with Crippen LogP contribution >= 0.6 is 0 Å². The molecular weight excluding hydrogens is 346 g/mol. The summed E-state index contributed by atoms with van der Waals surface area (Å²) in [7, 11) is 3.00. The van der Waals surface area contributed by atoms with Gasteiger partial charge in [0.15, 0.2) is 11.5 Å². The van der Waals surface area contributed by atoms with Crippen molar-refractivity contribution in [2.45, 2.75) is 53.0 Å². The molecule has 7 nitrogen and oxygen atoms in total. The zero-order valence-corrected chi connectivity index (χ0v) is 17.3. The maximum absolute atomic E-state index is 12.9. The maximum Gasteiger partial charge on any atom is 0.253 e. The van der Waals surface area contributed by atoms with Crippen LogP contribution in [0.15, 0.2) is 12.1 Å². The number of anilines is 1. The van der Waals surface area contributed by atoms with Gasteiger partial charge in [-0.2, -0.15) is 0 Å². The van der Waals surface area contributed by atoms with E-state index in [0.717, 1.165) is 19.3 Å². The van der Waals surface area contributed by atoms with E-state index < -0.39 is 5.41 Å². The number of unbranched alkanes of at least 4 members (excludes halogenated alkanes) is 1. The monoisotopic (exact) mass is 379 g/mol. The minimum absolute atomic E-state index is 0.128. The van der Waals surface area contributed by atoms with Crippen LogP contribution in [0.2, 0.25) is 0 Å². The predicted molar refractivity (Wildman–Crippen MR) is 107 cm³/mol. The van der Waals surface area contributed by atoms with Crippen molar-refractivity contribution >= 4 is 17.5 Å². The second-order valence-corrected chi connectivity index (χ2v) is 7.51. The van der Waals surface area contributed by atoms with Gasteiger partial charge in [0.2, 0.25) is 5.91 Å². The van der Waals surface area contributed by atoms with Crippen LogP contribution in [-0.2, 0) is 4.79 Å². The topological polar surface area (TPSA) is 103 Å². The van der Waals surface area contributed by atoms with Crippen molar-refractivity contribution in [2.24, 2.45) is 11.1 Å².